The van der Waals surface area contributed by atoms with Crippen molar-refractivity contribution in [2.75, 3.05) is 16.2 Å². The fraction of sp³-hybridized carbons (Fsp3) is 0.208. The molecule has 0 aromatic heterocycles. The summed E-state index contributed by atoms with van der Waals surface area (Å²) >= 11 is 12.4. The van der Waals surface area contributed by atoms with Crippen LogP contribution in [0.2, 0.25) is 10.0 Å². The standard InChI is InChI=1S/C24H24Cl2N2O4S/c1-16(2)32-20-6-4-5-19(14-20)27-24(29)15-28(23-13-18(25)9-12-22(23)26)33(30,31)21-10-7-17(3)8-11-21/h4-14,16H,15H2,1-3H3,(H,27,29). The zero-order valence-electron chi connectivity index (χ0n) is 18.4. The quantitative estimate of drug-likeness (QED) is 0.411. The van der Waals surface area contributed by atoms with Crippen molar-refractivity contribution >= 4 is 50.5 Å². The lowest BCUT2D eigenvalue weighted by atomic mass is 10.2. The van der Waals surface area contributed by atoms with Gasteiger partial charge in [0.05, 0.1) is 21.7 Å². The molecule has 3 aromatic rings. The number of rotatable bonds is 8. The molecule has 1 amide bonds. The van der Waals surface area contributed by atoms with Crippen molar-refractivity contribution in [2.24, 2.45) is 0 Å². The first-order valence-corrected chi connectivity index (χ1v) is 12.4. The first-order chi connectivity index (χ1) is 15.6. The van der Waals surface area contributed by atoms with Crippen LogP contribution in [0.3, 0.4) is 0 Å². The average molecular weight is 507 g/mol. The lowest BCUT2D eigenvalue weighted by Crippen LogP contribution is -2.38. The highest BCUT2D eigenvalue weighted by atomic mass is 35.5. The summed E-state index contributed by atoms with van der Waals surface area (Å²) < 4.78 is 33.6. The molecule has 33 heavy (non-hydrogen) atoms. The smallest absolute Gasteiger partial charge is 0.264 e. The predicted molar refractivity (Wildman–Crippen MR) is 133 cm³/mol. The maximum atomic E-state index is 13.5. The van der Waals surface area contributed by atoms with Crippen LogP contribution in [-0.4, -0.2) is 27.0 Å². The largest absolute Gasteiger partial charge is 0.491 e. The van der Waals surface area contributed by atoms with E-state index < -0.39 is 22.5 Å². The molecule has 0 radical (unpaired) electrons. The predicted octanol–water partition coefficient (Wildman–Crippen LogP) is 5.92. The summed E-state index contributed by atoms with van der Waals surface area (Å²) in [6.07, 6.45) is -0.0314. The summed E-state index contributed by atoms with van der Waals surface area (Å²) in [5.74, 6) is 0.0354. The van der Waals surface area contributed by atoms with Crippen LogP contribution in [0.25, 0.3) is 0 Å². The molecule has 0 heterocycles. The van der Waals surface area contributed by atoms with Crippen molar-refractivity contribution in [1.82, 2.24) is 0 Å². The van der Waals surface area contributed by atoms with Crippen LogP contribution in [0.4, 0.5) is 11.4 Å². The van der Waals surface area contributed by atoms with Crippen molar-refractivity contribution < 1.29 is 17.9 Å². The molecular weight excluding hydrogens is 483 g/mol. The van der Waals surface area contributed by atoms with Crippen molar-refractivity contribution in [3.05, 3.63) is 82.3 Å². The molecule has 0 spiro atoms. The molecule has 0 saturated carbocycles. The lowest BCUT2D eigenvalue weighted by molar-refractivity contribution is -0.114. The molecule has 0 bridgehead atoms. The van der Waals surface area contributed by atoms with Crippen LogP contribution >= 0.6 is 23.2 Å². The highest BCUT2D eigenvalue weighted by Crippen LogP contribution is 2.33. The van der Waals surface area contributed by atoms with Gasteiger partial charge in [-0.2, -0.15) is 0 Å². The first kappa shape index (κ1) is 24.9. The van der Waals surface area contributed by atoms with E-state index in [4.69, 9.17) is 27.9 Å². The van der Waals surface area contributed by atoms with E-state index in [-0.39, 0.29) is 26.7 Å². The molecule has 0 atom stereocenters. The van der Waals surface area contributed by atoms with E-state index in [0.29, 0.717) is 11.4 Å². The molecule has 0 aliphatic heterocycles. The van der Waals surface area contributed by atoms with Gasteiger partial charge in [-0.15, -0.1) is 0 Å². The third-order valence-corrected chi connectivity index (χ3v) is 6.89. The Morgan fingerprint density at radius 1 is 1.03 bits per heavy atom. The number of hydrogen-bond donors (Lipinski definition) is 1. The minimum absolute atomic E-state index is 0.0314. The number of nitrogens with zero attached hydrogens (tertiary/aromatic N) is 1. The van der Waals surface area contributed by atoms with Gasteiger partial charge in [0, 0.05) is 16.8 Å². The Bertz CT molecular complexity index is 1250. The number of amides is 1. The molecule has 0 saturated heterocycles. The molecule has 0 fully saturated rings. The Balaban J connectivity index is 1.94. The number of aryl methyl sites for hydroxylation is 1. The molecule has 9 heteroatoms. The summed E-state index contributed by atoms with van der Waals surface area (Å²) in [6, 6.07) is 17.7. The molecule has 1 N–H and O–H groups in total. The third-order valence-electron chi connectivity index (χ3n) is 4.56. The number of hydrogen-bond acceptors (Lipinski definition) is 4. The minimum Gasteiger partial charge on any atom is -0.491 e. The van der Waals surface area contributed by atoms with Crippen LogP contribution in [0.5, 0.6) is 5.75 Å². The maximum absolute atomic E-state index is 13.5. The van der Waals surface area contributed by atoms with Gasteiger partial charge in [0.1, 0.15) is 12.3 Å². The Morgan fingerprint density at radius 3 is 2.39 bits per heavy atom. The number of benzene rings is 3. The number of halogens is 2. The van der Waals surface area contributed by atoms with Gasteiger partial charge in [-0.05, 0) is 63.2 Å². The summed E-state index contributed by atoms with van der Waals surface area (Å²) in [7, 11) is -4.12. The Kier molecular flexibility index (Phi) is 7.89. The highest BCUT2D eigenvalue weighted by Gasteiger charge is 2.29. The number of sulfonamides is 1. The molecule has 0 aliphatic rings. The normalized spacial score (nSPS) is 11.3. The summed E-state index contributed by atoms with van der Waals surface area (Å²) in [5.41, 5.74) is 1.49. The van der Waals surface area contributed by atoms with Gasteiger partial charge in [0.2, 0.25) is 5.91 Å². The summed E-state index contributed by atoms with van der Waals surface area (Å²) in [5, 5.41) is 3.16. The van der Waals surface area contributed by atoms with Crippen LogP contribution in [0.1, 0.15) is 19.4 Å². The van der Waals surface area contributed by atoms with E-state index in [2.05, 4.69) is 5.32 Å². The van der Waals surface area contributed by atoms with Gasteiger partial charge < -0.3 is 10.1 Å². The van der Waals surface area contributed by atoms with Gasteiger partial charge in [-0.1, -0.05) is 47.0 Å². The van der Waals surface area contributed by atoms with Gasteiger partial charge >= 0.3 is 0 Å². The van der Waals surface area contributed by atoms with E-state index in [0.717, 1.165) is 9.87 Å². The second-order valence-corrected chi connectivity index (χ2v) is 10.4. The molecule has 0 aliphatic carbocycles. The second-order valence-electron chi connectivity index (χ2n) is 7.66. The van der Waals surface area contributed by atoms with E-state index in [9.17, 15) is 13.2 Å². The Hall–Kier alpha value is -2.74. The highest BCUT2D eigenvalue weighted by molar-refractivity contribution is 7.92. The SMILES string of the molecule is Cc1ccc(S(=O)(=O)N(CC(=O)Nc2cccc(OC(C)C)c2)c2cc(Cl)ccc2Cl)cc1. The Labute approximate surface area is 204 Å². The van der Waals surface area contributed by atoms with Crippen molar-refractivity contribution in [3.63, 3.8) is 0 Å². The van der Waals surface area contributed by atoms with Crippen molar-refractivity contribution in [2.45, 2.75) is 31.8 Å². The van der Waals surface area contributed by atoms with Crippen LogP contribution in [-0.2, 0) is 14.8 Å². The molecule has 0 unspecified atom stereocenters. The van der Waals surface area contributed by atoms with Crippen molar-refractivity contribution in [3.8, 4) is 5.75 Å². The summed E-state index contributed by atoms with van der Waals surface area (Å²) in [4.78, 5) is 13.0. The third kappa shape index (κ3) is 6.41. The minimum atomic E-state index is -4.12. The number of nitrogens with one attached hydrogen (secondary N) is 1. The van der Waals surface area contributed by atoms with Gasteiger partial charge in [0.25, 0.3) is 10.0 Å². The van der Waals surface area contributed by atoms with Gasteiger partial charge in [-0.3, -0.25) is 9.10 Å². The number of anilines is 2. The van der Waals surface area contributed by atoms with Crippen molar-refractivity contribution in [1.29, 1.82) is 0 Å². The number of carbonyl (C=O) groups is 1. The van der Waals surface area contributed by atoms with E-state index in [1.807, 2.05) is 20.8 Å². The van der Waals surface area contributed by atoms with Crippen LogP contribution < -0.4 is 14.4 Å². The monoisotopic (exact) mass is 506 g/mol. The zero-order chi connectivity index (χ0) is 24.2. The molecule has 3 rings (SSSR count). The zero-order valence-corrected chi connectivity index (χ0v) is 20.7. The fourth-order valence-corrected chi connectivity index (χ4v) is 4.93. The molecule has 174 valence electrons. The van der Waals surface area contributed by atoms with E-state index in [1.165, 1.54) is 24.3 Å². The average Bonchev–Trinajstić information content (AvgIpc) is 2.74. The lowest BCUT2D eigenvalue weighted by Gasteiger charge is -2.25. The van der Waals surface area contributed by atoms with Gasteiger partial charge in [-0.25, -0.2) is 8.42 Å². The maximum Gasteiger partial charge on any atom is 0.264 e. The fourth-order valence-electron chi connectivity index (χ4n) is 3.06. The van der Waals surface area contributed by atoms with E-state index in [1.54, 1.807) is 42.5 Å². The number of ether oxygens (including phenoxy) is 1. The molecular formula is C24H24Cl2N2O4S. The van der Waals surface area contributed by atoms with E-state index >= 15 is 0 Å². The Morgan fingerprint density at radius 2 is 1.73 bits per heavy atom. The molecule has 6 nitrogen and oxygen atoms in total. The van der Waals surface area contributed by atoms with Gasteiger partial charge in [0.15, 0.2) is 0 Å². The summed E-state index contributed by atoms with van der Waals surface area (Å²) in [6.45, 7) is 5.14. The molecule has 3 aromatic carbocycles. The van der Waals surface area contributed by atoms with Crippen LogP contribution in [0.15, 0.2) is 71.6 Å². The second kappa shape index (κ2) is 10.5. The number of carbonyl (C=O) groups excluding carboxylic acids is 1. The topological polar surface area (TPSA) is 75.7 Å². The first-order valence-electron chi connectivity index (χ1n) is 10.2. The van der Waals surface area contributed by atoms with Crippen LogP contribution in [0, 0.1) is 6.92 Å².